The van der Waals surface area contributed by atoms with Crippen LogP contribution in [0.1, 0.15) is 13.3 Å². The van der Waals surface area contributed by atoms with Gasteiger partial charge in [0.15, 0.2) is 16.6 Å². The summed E-state index contributed by atoms with van der Waals surface area (Å²) in [5.41, 5.74) is 0.684. The molecule has 0 N–H and O–H groups in total. The number of benzene rings is 1. The van der Waals surface area contributed by atoms with Gasteiger partial charge >= 0.3 is 0 Å². The van der Waals surface area contributed by atoms with Gasteiger partial charge in [-0.3, -0.25) is 9.59 Å². The van der Waals surface area contributed by atoms with Crippen LogP contribution in [0.25, 0.3) is 0 Å². The van der Waals surface area contributed by atoms with Crippen LogP contribution in [0.5, 0.6) is 11.5 Å². The Kier molecular flexibility index (Phi) is 4.54. The monoisotopic (exact) mass is 295 g/mol. The lowest BCUT2D eigenvalue weighted by Crippen LogP contribution is -2.25. The molecule has 1 heterocycles. The molecule has 108 valence electrons. The number of methoxy groups -OCH3 is 2. The van der Waals surface area contributed by atoms with Crippen molar-refractivity contribution in [1.29, 1.82) is 0 Å². The number of hydrogen-bond acceptors (Lipinski definition) is 5. The van der Waals surface area contributed by atoms with Gasteiger partial charge < -0.3 is 14.4 Å². The average molecular weight is 295 g/mol. The van der Waals surface area contributed by atoms with E-state index in [9.17, 15) is 9.59 Å². The lowest BCUT2D eigenvalue weighted by molar-refractivity contribution is -0.117. The predicted molar refractivity (Wildman–Crippen MR) is 78.6 cm³/mol. The van der Waals surface area contributed by atoms with E-state index >= 15 is 0 Å². The van der Waals surface area contributed by atoms with E-state index in [1.54, 1.807) is 25.2 Å². The second-order valence-electron chi connectivity index (χ2n) is 4.45. The molecular formula is C14H17NO4S. The Morgan fingerprint density at radius 2 is 2.10 bits per heavy atom. The van der Waals surface area contributed by atoms with Crippen LogP contribution >= 0.6 is 11.8 Å². The van der Waals surface area contributed by atoms with Gasteiger partial charge in [-0.1, -0.05) is 17.8 Å². The molecule has 2 rings (SSSR count). The second-order valence-corrected chi connectivity index (χ2v) is 5.93. The molecule has 0 spiro atoms. The molecular weight excluding hydrogens is 278 g/mol. The summed E-state index contributed by atoms with van der Waals surface area (Å²) in [7, 11) is 3.10. The quantitative estimate of drug-likeness (QED) is 0.851. The van der Waals surface area contributed by atoms with E-state index in [0.717, 1.165) is 0 Å². The summed E-state index contributed by atoms with van der Waals surface area (Å²) in [6.45, 7) is 2.02. The molecule has 0 saturated carbocycles. The van der Waals surface area contributed by atoms with E-state index in [2.05, 4.69) is 0 Å². The third-order valence-electron chi connectivity index (χ3n) is 3.10. The number of amides is 1. The van der Waals surface area contributed by atoms with E-state index in [1.807, 2.05) is 12.1 Å². The minimum absolute atomic E-state index is 0.00379. The molecule has 0 aromatic heterocycles. The molecule has 1 aromatic carbocycles. The van der Waals surface area contributed by atoms with E-state index in [-0.39, 0.29) is 16.3 Å². The minimum atomic E-state index is -0.00435. The molecule has 0 bridgehead atoms. The molecule has 6 heteroatoms. The van der Waals surface area contributed by atoms with Crippen molar-refractivity contribution in [1.82, 2.24) is 0 Å². The largest absolute Gasteiger partial charge is 0.493 e. The van der Waals surface area contributed by atoms with Crippen LogP contribution in [0, 0.1) is 0 Å². The zero-order valence-corrected chi connectivity index (χ0v) is 12.5. The topological polar surface area (TPSA) is 55.8 Å². The highest BCUT2D eigenvalue weighted by molar-refractivity contribution is 8.14. The summed E-state index contributed by atoms with van der Waals surface area (Å²) >= 11 is 1.21. The maximum atomic E-state index is 12.1. The first-order valence-corrected chi connectivity index (χ1v) is 7.13. The Balaban J connectivity index is 2.28. The van der Waals surface area contributed by atoms with Crippen LogP contribution in [0.15, 0.2) is 18.2 Å². The average Bonchev–Trinajstić information content (AvgIpc) is 2.77. The van der Waals surface area contributed by atoms with Gasteiger partial charge in [-0.2, -0.15) is 0 Å². The zero-order valence-electron chi connectivity index (χ0n) is 11.7. The third kappa shape index (κ3) is 2.90. The van der Waals surface area contributed by atoms with Gasteiger partial charge in [0.05, 0.1) is 19.9 Å². The molecule has 1 aliphatic heterocycles. The van der Waals surface area contributed by atoms with Crippen LogP contribution in [0.2, 0.25) is 0 Å². The summed E-state index contributed by atoms with van der Waals surface area (Å²) in [5, 5.41) is 0.0261. The number of anilines is 1. The lowest BCUT2D eigenvalue weighted by atomic mass is 10.2. The Morgan fingerprint density at radius 1 is 1.35 bits per heavy atom. The fraction of sp³-hybridized carbons (Fsp3) is 0.429. The third-order valence-corrected chi connectivity index (χ3v) is 4.08. The molecule has 5 nitrogen and oxygen atoms in total. The molecule has 1 amide bonds. The normalized spacial score (nSPS) is 18.2. The molecule has 1 aliphatic rings. The number of hydrogen-bond donors (Lipinski definition) is 0. The maximum Gasteiger partial charge on any atom is 0.228 e. The van der Waals surface area contributed by atoms with Crippen molar-refractivity contribution in [3.8, 4) is 11.5 Å². The van der Waals surface area contributed by atoms with Crippen molar-refractivity contribution < 1.29 is 19.1 Å². The second kappa shape index (κ2) is 6.17. The van der Waals surface area contributed by atoms with Crippen molar-refractivity contribution in [3.63, 3.8) is 0 Å². The van der Waals surface area contributed by atoms with E-state index < -0.39 is 0 Å². The van der Waals surface area contributed by atoms with E-state index in [0.29, 0.717) is 30.2 Å². The standard InChI is InChI=1S/C14H17NO4S/c1-9(16)20-10-7-13(17)15(8-10)11-5-4-6-12(18-2)14(11)19-3/h4-6,10H,7-8H2,1-3H3. The van der Waals surface area contributed by atoms with Crippen LogP contribution in [0.3, 0.4) is 0 Å². The Bertz CT molecular complexity index is 532. The highest BCUT2D eigenvalue weighted by Crippen LogP contribution is 2.40. The molecule has 1 aromatic rings. The Labute approximate surface area is 122 Å². The van der Waals surface area contributed by atoms with E-state index in [4.69, 9.17) is 9.47 Å². The predicted octanol–water partition coefficient (Wildman–Crippen LogP) is 2.09. The fourth-order valence-corrected chi connectivity index (χ4v) is 3.22. The molecule has 0 radical (unpaired) electrons. The molecule has 1 atom stereocenters. The SMILES string of the molecule is COc1cccc(N2CC(SC(C)=O)CC2=O)c1OC. The summed E-state index contributed by atoms with van der Waals surface area (Å²) < 4.78 is 10.6. The Morgan fingerprint density at radius 3 is 2.70 bits per heavy atom. The van der Waals surface area contributed by atoms with Crippen molar-refractivity contribution in [2.24, 2.45) is 0 Å². The number of rotatable bonds is 4. The van der Waals surface area contributed by atoms with Crippen LogP contribution in [0.4, 0.5) is 5.69 Å². The van der Waals surface area contributed by atoms with Crippen LogP contribution < -0.4 is 14.4 Å². The molecule has 1 fully saturated rings. The van der Waals surface area contributed by atoms with Crippen molar-refractivity contribution in [3.05, 3.63) is 18.2 Å². The summed E-state index contributed by atoms with van der Waals surface area (Å²) in [6, 6.07) is 5.42. The van der Waals surface area contributed by atoms with Gasteiger partial charge in [-0.25, -0.2) is 0 Å². The number of carbonyl (C=O) groups excluding carboxylic acids is 2. The summed E-state index contributed by atoms with van der Waals surface area (Å²) in [4.78, 5) is 25.0. The summed E-state index contributed by atoms with van der Waals surface area (Å²) in [6.07, 6.45) is 0.366. The Hall–Kier alpha value is -1.69. The van der Waals surface area contributed by atoms with Crippen molar-refractivity contribution in [2.75, 3.05) is 25.7 Å². The fourth-order valence-electron chi connectivity index (χ4n) is 2.30. The molecule has 1 unspecified atom stereocenters. The van der Waals surface area contributed by atoms with Gasteiger partial charge in [0.2, 0.25) is 5.91 Å². The number of para-hydroxylation sites is 1. The first-order valence-electron chi connectivity index (χ1n) is 6.25. The van der Waals surface area contributed by atoms with Gasteiger partial charge in [-0.15, -0.1) is 0 Å². The molecule has 1 saturated heterocycles. The number of thioether (sulfide) groups is 1. The van der Waals surface area contributed by atoms with Gasteiger partial charge in [0.25, 0.3) is 0 Å². The van der Waals surface area contributed by atoms with Crippen LogP contribution in [-0.4, -0.2) is 37.0 Å². The van der Waals surface area contributed by atoms with Gasteiger partial charge in [0, 0.05) is 25.1 Å². The number of carbonyl (C=O) groups is 2. The van der Waals surface area contributed by atoms with Gasteiger partial charge in [-0.05, 0) is 12.1 Å². The number of nitrogens with zero attached hydrogens (tertiary/aromatic N) is 1. The summed E-state index contributed by atoms with van der Waals surface area (Å²) in [5.74, 6) is 1.12. The zero-order chi connectivity index (χ0) is 14.7. The van der Waals surface area contributed by atoms with Crippen molar-refractivity contribution in [2.45, 2.75) is 18.6 Å². The highest BCUT2D eigenvalue weighted by Gasteiger charge is 2.33. The molecule has 0 aliphatic carbocycles. The maximum absolute atomic E-state index is 12.1. The van der Waals surface area contributed by atoms with Crippen LogP contribution in [-0.2, 0) is 9.59 Å². The van der Waals surface area contributed by atoms with Crippen molar-refractivity contribution >= 4 is 28.5 Å². The molecule has 20 heavy (non-hydrogen) atoms. The van der Waals surface area contributed by atoms with E-state index in [1.165, 1.54) is 18.7 Å². The first-order chi connectivity index (χ1) is 9.56. The first kappa shape index (κ1) is 14.7. The smallest absolute Gasteiger partial charge is 0.228 e. The minimum Gasteiger partial charge on any atom is -0.493 e. The lowest BCUT2D eigenvalue weighted by Gasteiger charge is -2.20. The highest BCUT2D eigenvalue weighted by atomic mass is 32.2. The van der Waals surface area contributed by atoms with Gasteiger partial charge in [0.1, 0.15) is 0 Å². The number of ether oxygens (including phenoxy) is 2.